The van der Waals surface area contributed by atoms with Crippen molar-refractivity contribution in [1.29, 1.82) is 0 Å². The van der Waals surface area contributed by atoms with Crippen LogP contribution in [0.25, 0.3) is 0 Å². The van der Waals surface area contributed by atoms with E-state index in [0.29, 0.717) is 4.47 Å². The topological polar surface area (TPSA) is 101 Å². The van der Waals surface area contributed by atoms with Crippen LogP contribution in [0.2, 0.25) is 0 Å². The molecule has 19 heavy (non-hydrogen) atoms. The molecule has 0 saturated heterocycles. The largest absolute Gasteiger partial charge is 0.480 e. The molecule has 0 aliphatic carbocycles. The number of nitrogens with one attached hydrogen (secondary N) is 1. The molecule has 0 fully saturated rings. The molecule has 0 aromatic heterocycles. The lowest BCUT2D eigenvalue weighted by Gasteiger charge is -2.13. The van der Waals surface area contributed by atoms with Gasteiger partial charge in [-0.3, -0.25) is 4.79 Å². The Morgan fingerprint density at radius 2 is 2.05 bits per heavy atom. The second-order valence-corrected chi connectivity index (χ2v) is 6.78. The molecule has 2 N–H and O–H groups in total. The zero-order valence-corrected chi connectivity index (χ0v) is 12.4. The third kappa shape index (κ3) is 4.64. The van der Waals surface area contributed by atoms with Crippen molar-refractivity contribution in [3.05, 3.63) is 28.7 Å². The van der Waals surface area contributed by atoms with Crippen molar-refractivity contribution in [2.24, 2.45) is 0 Å². The summed E-state index contributed by atoms with van der Waals surface area (Å²) < 4.78 is 24.7. The molecule has 1 aromatic rings. The van der Waals surface area contributed by atoms with E-state index in [4.69, 9.17) is 5.11 Å². The van der Waals surface area contributed by atoms with E-state index in [1.165, 1.54) is 18.2 Å². The van der Waals surface area contributed by atoms with Crippen molar-refractivity contribution in [2.75, 3.05) is 5.75 Å². The molecule has 0 aliphatic rings. The van der Waals surface area contributed by atoms with Crippen LogP contribution in [0.5, 0.6) is 0 Å². The summed E-state index contributed by atoms with van der Waals surface area (Å²) in [7, 11) is -3.80. The first kappa shape index (κ1) is 15.6. The third-order valence-electron chi connectivity index (χ3n) is 2.22. The van der Waals surface area contributed by atoms with Crippen molar-refractivity contribution in [1.82, 2.24) is 5.32 Å². The zero-order chi connectivity index (χ0) is 14.6. The minimum atomic E-state index is -3.80. The van der Waals surface area contributed by atoms with Gasteiger partial charge >= 0.3 is 5.97 Å². The number of hydrogen-bond acceptors (Lipinski definition) is 4. The second kappa shape index (κ2) is 6.16. The second-order valence-electron chi connectivity index (χ2n) is 3.83. The van der Waals surface area contributed by atoms with Gasteiger partial charge in [0, 0.05) is 11.4 Å². The van der Waals surface area contributed by atoms with E-state index < -0.39 is 33.5 Å². The fourth-order valence-electron chi connectivity index (χ4n) is 1.40. The van der Waals surface area contributed by atoms with Crippen LogP contribution in [0.4, 0.5) is 0 Å². The minimum absolute atomic E-state index is 0.00141. The molecular weight excluding hydrogens is 338 g/mol. The molecule has 8 heteroatoms. The predicted octanol–water partition coefficient (Wildman–Crippen LogP) is 0.812. The Morgan fingerprint density at radius 1 is 1.42 bits per heavy atom. The van der Waals surface area contributed by atoms with Crippen molar-refractivity contribution in [3.8, 4) is 0 Å². The van der Waals surface area contributed by atoms with Gasteiger partial charge in [-0.1, -0.05) is 22.0 Å². The number of sulfone groups is 1. The summed E-state index contributed by atoms with van der Waals surface area (Å²) in [5, 5.41) is 11.0. The van der Waals surface area contributed by atoms with Gasteiger partial charge in [-0.05, 0) is 18.2 Å². The van der Waals surface area contributed by atoms with Gasteiger partial charge in [0.25, 0.3) is 0 Å². The first-order valence-corrected chi connectivity index (χ1v) is 7.65. The van der Waals surface area contributed by atoms with Crippen LogP contribution in [0.1, 0.15) is 6.92 Å². The molecule has 1 rings (SSSR count). The summed E-state index contributed by atoms with van der Waals surface area (Å²) in [6.07, 6.45) is 0. The third-order valence-corrected chi connectivity index (χ3v) is 4.45. The summed E-state index contributed by atoms with van der Waals surface area (Å²) in [5.41, 5.74) is 0. The van der Waals surface area contributed by atoms with E-state index in [1.807, 2.05) is 0 Å². The van der Waals surface area contributed by atoms with Crippen molar-refractivity contribution in [2.45, 2.75) is 17.9 Å². The van der Waals surface area contributed by atoms with Crippen molar-refractivity contribution < 1.29 is 23.1 Å². The Hall–Kier alpha value is -1.41. The number of rotatable bonds is 5. The van der Waals surface area contributed by atoms with Crippen LogP contribution in [-0.4, -0.2) is 37.2 Å². The molecule has 0 spiro atoms. The lowest BCUT2D eigenvalue weighted by Crippen LogP contribution is -2.44. The van der Waals surface area contributed by atoms with Gasteiger partial charge in [0.2, 0.25) is 5.91 Å². The normalized spacial score (nSPS) is 12.7. The summed E-state index contributed by atoms with van der Waals surface area (Å²) in [4.78, 5) is 21.8. The van der Waals surface area contributed by atoms with E-state index in [0.717, 1.165) is 6.92 Å². The SMILES string of the molecule is CC(=O)NC(CS(=O)(=O)c1cccc(Br)c1)C(=O)O. The van der Waals surface area contributed by atoms with Crippen LogP contribution < -0.4 is 5.32 Å². The summed E-state index contributed by atoms with van der Waals surface area (Å²) >= 11 is 3.14. The Kier molecular flexibility index (Phi) is 5.07. The average Bonchev–Trinajstić information content (AvgIpc) is 2.27. The quantitative estimate of drug-likeness (QED) is 0.819. The zero-order valence-electron chi connectivity index (χ0n) is 9.96. The molecule has 104 valence electrons. The minimum Gasteiger partial charge on any atom is -0.480 e. The standard InChI is InChI=1S/C11H12BrNO5S/c1-7(14)13-10(11(15)16)6-19(17,18)9-4-2-3-8(12)5-9/h2-5,10H,6H2,1H3,(H,13,14)(H,15,16). The Morgan fingerprint density at radius 3 is 2.53 bits per heavy atom. The first-order chi connectivity index (χ1) is 8.72. The predicted molar refractivity (Wildman–Crippen MR) is 71.4 cm³/mol. The summed E-state index contributed by atoms with van der Waals surface area (Å²) in [6, 6.07) is 4.46. The molecule has 1 aromatic carbocycles. The molecule has 1 unspecified atom stereocenters. The van der Waals surface area contributed by atoms with Crippen molar-refractivity contribution in [3.63, 3.8) is 0 Å². The first-order valence-electron chi connectivity index (χ1n) is 5.20. The highest BCUT2D eigenvalue weighted by Crippen LogP contribution is 2.17. The molecule has 0 radical (unpaired) electrons. The van der Waals surface area contributed by atoms with Crippen molar-refractivity contribution >= 4 is 37.6 Å². The number of aliphatic carboxylic acids is 1. The number of carbonyl (C=O) groups is 2. The number of carboxylic acids is 1. The maximum Gasteiger partial charge on any atom is 0.327 e. The Labute approximate surface area is 118 Å². The summed E-state index contributed by atoms with van der Waals surface area (Å²) in [6.45, 7) is 1.13. The number of halogens is 1. The smallest absolute Gasteiger partial charge is 0.327 e. The number of carbonyl (C=O) groups excluding carboxylic acids is 1. The van der Waals surface area contributed by atoms with Gasteiger partial charge in [0.1, 0.15) is 6.04 Å². The van der Waals surface area contributed by atoms with Gasteiger partial charge < -0.3 is 10.4 Å². The highest BCUT2D eigenvalue weighted by atomic mass is 79.9. The van der Waals surface area contributed by atoms with Crippen LogP contribution in [0, 0.1) is 0 Å². The maximum atomic E-state index is 12.0. The van der Waals surface area contributed by atoms with E-state index in [-0.39, 0.29) is 4.90 Å². The van der Waals surface area contributed by atoms with E-state index >= 15 is 0 Å². The Bertz CT molecular complexity index is 599. The van der Waals surface area contributed by atoms with Gasteiger partial charge in [0.15, 0.2) is 9.84 Å². The van der Waals surface area contributed by atoms with Crippen LogP contribution in [-0.2, 0) is 19.4 Å². The number of amides is 1. The van der Waals surface area contributed by atoms with Gasteiger partial charge in [0.05, 0.1) is 10.6 Å². The molecule has 1 amide bonds. The number of hydrogen-bond donors (Lipinski definition) is 2. The molecule has 0 saturated carbocycles. The maximum absolute atomic E-state index is 12.0. The fraction of sp³-hybridized carbons (Fsp3) is 0.273. The van der Waals surface area contributed by atoms with Crippen LogP contribution in [0.15, 0.2) is 33.6 Å². The lowest BCUT2D eigenvalue weighted by molar-refractivity contribution is -0.140. The number of benzene rings is 1. The molecule has 0 bridgehead atoms. The fourth-order valence-corrected chi connectivity index (χ4v) is 3.40. The summed E-state index contributed by atoms with van der Waals surface area (Å²) in [5.74, 6) is -2.69. The average molecular weight is 350 g/mol. The van der Waals surface area contributed by atoms with Gasteiger partial charge in [-0.25, -0.2) is 13.2 Å². The Balaban J connectivity index is 3.00. The monoisotopic (exact) mass is 349 g/mol. The van der Waals surface area contributed by atoms with Gasteiger partial charge in [-0.15, -0.1) is 0 Å². The van der Waals surface area contributed by atoms with E-state index in [1.54, 1.807) is 6.07 Å². The molecular formula is C11H12BrNO5S. The highest BCUT2D eigenvalue weighted by molar-refractivity contribution is 9.10. The van der Waals surface area contributed by atoms with E-state index in [2.05, 4.69) is 21.2 Å². The van der Waals surface area contributed by atoms with Crippen LogP contribution >= 0.6 is 15.9 Å². The van der Waals surface area contributed by atoms with Gasteiger partial charge in [-0.2, -0.15) is 0 Å². The molecule has 1 atom stereocenters. The highest BCUT2D eigenvalue weighted by Gasteiger charge is 2.27. The number of carboxylic acid groups (broad SMARTS) is 1. The molecule has 0 heterocycles. The van der Waals surface area contributed by atoms with Crippen LogP contribution in [0.3, 0.4) is 0 Å². The molecule has 0 aliphatic heterocycles. The lowest BCUT2D eigenvalue weighted by atomic mass is 10.3. The van der Waals surface area contributed by atoms with E-state index in [9.17, 15) is 18.0 Å². The molecule has 6 nitrogen and oxygen atoms in total.